The lowest BCUT2D eigenvalue weighted by atomic mass is 9.49. The summed E-state index contributed by atoms with van der Waals surface area (Å²) in [5, 5.41) is 11.7. The summed E-state index contributed by atoms with van der Waals surface area (Å²) in [6, 6.07) is 9.26. The lowest BCUT2D eigenvalue weighted by molar-refractivity contribution is -0.182. The van der Waals surface area contributed by atoms with Gasteiger partial charge in [-0.25, -0.2) is 0 Å². The SMILES string of the molecule is CCC[C@@H]1CC[C@]2(C)C(=O)CCC[C@]2(O)[C@H]1C(=O)c1ccccc1. The van der Waals surface area contributed by atoms with Gasteiger partial charge in [-0.3, -0.25) is 9.59 Å². The van der Waals surface area contributed by atoms with Crippen LogP contribution in [0.25, 0.3) is 0 Å². The molecule has 1 aromatic rings. The maximum absolute atomic E-state index is 13.3. The topological polar surface area (TPSA) is 54.4 Å². The molecular weight excluding hydrogens is 300 g/mol. The van der Waals surface area contributed by atoms with E-state index in [-0.39, 0.29) is 17.5 Å². The summed E-state index contributed by atoms with van der Waals surface area (Å²) in [5.41, 5.74) is -1.32. The molecule has 3 nitrogen and oxygen atoms in total. The molecule has 0 aliphatic heterocycles. The third-order valence-corrected chi connectivity index (χ3v) is 6.53. The van der Waals surface area contributed by atoms with Gasteiger partial charge >= 0.3 is 0 Å². The summed E-state index contributed by atoms with van der Waals surface area (Å²) in [4.78, 5) is 26.0. The highest BCUT2D eigenvalue weighted by atomic mass is 16.3. The van der Waals surface area contributed by atoms with Crippen LogP contribution in [0.1, 0.15) is 69.2 Å². The maximum atomic E-state index is 13.3. The maximum Gasteiger partial charge on any atom is 0.169 e. The first-order valence-corrected chi connectivity index (χ1v) is 9.29. The van der Waals surface area contributed by atoms with Crippen LogP contribution in [0.3, 0.4) is 0 Å². The van der Waals surface area contributed by atoms with Crippen molar-refractivity contribution >= 4 is 11.6 Å². The molecule has 0 bridgehead atoms. The molecule has 0 amide bonds. The minimum Gasteiger partial charge on any atom is -0.388 e. The van der Waals surface area contributed by atoms with Gasteiger partial charge in [-0.1, -0.05) is 43.7 Å². The number of Topliss-reactive ketones (excluding diaryl/α,β-unsaturated/α-hetero) is 2. The Morgan fingerprint density at radius 3 is 2.62 bits per heavy atom. The van der Waals surface area contributed by atoms with E-state index in [1.807, 2.05) is 37.3 Å². The predicted octanol–water partition coefficient (Wildman–Crippen LogP) is 4.19. The van der Waals surface area contributed by atoms with Gasteiger partial charge in [0.25, 0.3) is 0 Å². The van der Waals surface area contributed by atoms with Gasteiger partial charge in [0.05, 0.1) is 16.9 Å². The molecule has 1 aromatic carbocycles. The Hall–Kier alpha value is -1.48. The smallest absolute Gasteiger partial charge is 0.169 e. The van der Waals surface area contributed by atoms with Crippen LogP contribution >= 0.6 is 0 Å². The molecular formula is C21H28O3. The molecule has 3 rings (SSSR count). The Kier molecular flexibility index (Phi) is 4.65. The van der Waals surface area contributed by atoms with Gasteiger partial charge in [0.15, 0.2) is 5.78 Å². The fraction of sp³-hybridized carbons (Fsp3) is 0.619. The summed E-state index contributed by atoms with van der Waals surface area (Å²) in [6.07, 6.45) is 5.23. The van der Waals surface area contributed by atoms with Crippen LogP contribution in [0.15, 0.2) is 30.3 Å². The van der Waals surface area contributed by atoms with Gasteiger partial charge in [0, 0.05) is 12.0 Å². The lowest BCUT2D eigenvalue weighted by Crippen LogP contribution is -2.64. The van der Waals surface area contributed by atoms with Crippen molar-refractivity contribution in [1.29, 1.82) is 0 Å². The minimum atomic E-state index is -1.20. The van der Waals surface area contributed by atoms with Crippen molar-refractivity contribution in [2.75, 3.05) is 0 Å². The second-order valence-corrected chi connectivity index (χ2v) is 7.83. The molecule has 3 heteroatoms. The number of hydrogen-bond acceptors (Lipinski definition) is 3. The molecule has 4 atom stereocenters. The van der Waals surface area contributed by atoms with Gasteiger partial charge in [0.1, 0.15) is 5.78 Å². The molecule has 24 heavy (non-hydrogen) atoms. The van der Waals surface area contributed by atoms with Gasteiger partial charge in [0.2, 0.25) is 0 Å². The zero-order chi connectivity index (χ0) is 17.4. The number of rotatable bonds is 4. The van der Waals surface area contributed by atoms with E-state index >= 15 is 0 Å². The Labute approximate surface area is 144 Å². The number of ketones is 2. The number of benzene rings is 1. The molecule has 0 saturated heterocycles. The van der Waals surface area contributed by atoms with E-state index in [4.69, 9.17) is 0 Å². The van der Waals surface area contributed by atoms with Crippen LogP contribution in [0.4, 0.5) is 0 Å². The van der Waals surface area contributed by atoms with Crippen molar-refractivity contribution in [2.24, 2.45) is 17.3 Å². The van der Waals surface area contributed by atoms with Crippen molar-refractivity contribution in [3.63, 3.8) is 0 Å². The third kappa shape index (κ3) is 2.54. The lowest BCUT2D eigenvalue weighted by Gasteiger charge is -2.56. The predicted molar refractivity (Wildman–Crippen MR) is 93.8 cm³/mol. The molecule has 130 valence electrons. The van der Waals surface area contributed by atoms with Crippen molar-refractivity contribution in [3.8, 4) is 0 Å². The number of carbonyl (C=O) groups is 2. The molecule has 2 fully saturated rings. The van der Waals surface area contributed by atoms with E-state index in [2.05, 4.69) is 6.92 Å². The normalized spacial score (nSPS) is 36.2. The van der Waals surface area contributed by atoms with Crippen molar-refractivity contribution in [2.45, 2.75) is 64.4 Å². The quantitative estimate of drug-likeness (QED) is 0.843. The average Bonchev–Trinajstić information content (AvgIpc) is 2.58. The largest absolute Gasteiger partial charge is 0.388 e. The molecule has 0 unspecified atom stereocenters. The first-order valence-electron chi connectivity index (χ1n) is 9.29. The third-order valence-electron chi connectivity index (χ3n) is 6.53. The van der Waals surface area contributed by atoms with Crippen LogP contribution in [0.2, 0.25) is 0 Å². The molecule has 0 aromatic heterocycles. The van der Waals surface area contributed by atoms with Crippen LogP contribution in [-0.4, -0.2) is 22.3 Å². The standard InChI is InChI=1S/C21H28O3/c1-3-8-15-12-14-20(2)17(22)11-7-13-21(20,24)18(15)19(23)16-9-5-4-6-10-16/h4-6,9-10,15,18,24H,3,7-8,11-14H2,1-2H3/t15-,18-,20-,21+/m1/s1. The van der Waals surface area contributed by atoms with E-state index in [9.17, 15) is 14.7 Å². The van der Waals surface area contributed by atoms with E-state index in [0.29, 0.717) is 31.2 Å². The molecule has 0 heterocycles. The minimum absolute atomic E-state index is 0.0113. The van der Waals surface area contributed by atoms with Crippen LogP contribution in [0.5, 0.6) is 0 Å². The first-order chi connectivity index (χ1) is 11.4. The fourth-order valence-electron chi connectivity index (χ4n) is 5.09. The van der Waals surface area contributed by atoms with Gasteiger partial charge in [-0.2, -0.15) is 0 Å². The zero-order valence-electron chi connectivity index (χ0n) is 14.8. The summed E-state index contributed by atoms with van der Waals surface area (Å²) in [5.74, 6) is -0.163. The Bertz CT molecular complexity index is 623. The summed E-state index contributed by atoms with van der Waals surface area (Å²) in [7, 11) is 0. The molecule has 2 aliphatic carbocycles. The zero-order valence-corrected chi connectivity index (χ0v) is 14.8. The van der Waals surface area contributed by atoms with E-state index in [0.717, 1.165) is 19.3 Å². The van der Waals surface area contributed by atoms with Gasteiger partial charge in [-0.15, -0.1) is 0 Å². The number of carbonyl (C=O) groups excluding carboxylic acids is 2. The van der Waals surface area contributed by atoms with Gasteiger partial charge < -0.3 is 5.11 Å². The first kappa shape index (κ1) is 17.3. The van der Waals surface area contributed by atoms with E-state index < -0.39 is 16.9 Å². The van der Waals surface area contributed by atoms with Crippen molar-refractivity contribution in [3.05, 3.63) is 35.9 Å². The second kappa shape index (κ2) is 6.44. The molecule has 2 saturated carbocycles. The number of fused-ring (bicyclic) bond motifs is 1. The summed E-state index contributed by atoms with van der Waals surface area (Å²) < 4.78 is 0. The summed E-state index contributed by atoms with van der Waals surface area (Å²) in [6.45, 7) is 4.01. The van der Waals surface area contributed by atoms with Crippen LogP contribution < -0.4 is 0 Å². The number of aliphatic hydroxyl groups is 1. The van der Waals surface area contributed by atoms with Crippen LogP contribution in [0, 0.1) is 17.3 Å². The molecule has 0 radical (unpaired) electrons. The highest BCUT2D eigenvalue weighted by molar-refractivity contribution is 6.00. The Morgan fingerprint density at radius 2 is 1.96 bits per heavy atom. The average molecular weight is 328 g/mol. The fourth-order valence-corrected chi connectivity index (χ4v) is 5.09. The van der Waals surface area contributed by atoms with E-state index in [1.54, 1.807) is 0 Å². The second-order valence-electron chi connectivity index (χ2n) is 7.83. The molecule has 2 aliphatic rings. The van der Waals surface area contributed by atoms with Crippen molar-refractivity contribution < 1.29 is 14.7 Å². The highest BCUT2D eigenvalue weighted by Crippen LogP contribution is 2.57. The van der Waals surface area contributed by atoms with Crippen LogP contribution in [-0.2, 0) is 4.79 Å². The van der Waals surface area contributed by atoms with Gasteiger partial charge in [-0.05, 0) is 44.9 Å². The van der Waals surface area contributed by atoms with Crippen molar-refractivity contribution in [1.82, 2.24) is 0 Å². The molecule has 0 spiro atoms. The monoisotopic (exact) mass is 328 g/mol. The summed E-state index contributed by atoms with van der Waals surface area (Å²) >= 11 is 0. The molecule has 1 N–H and O–H groups in total. The number of hydrogen-bond donors (Lipinski definition) is 1. The van der Waals surface area contributed by atoms with E-state index in [1.165, 1.54) is 0 Å². The Morgan fingerprint density at radius 1 is 1.25 bits per heavy atom. The highest BCUT2D eigenvalue weighted by Gasteiger charge is 2.63. The Balaban J connectivity index is 2.05.